The van der Waals surface area contributed by atoms with Crippen LogP contribution in [0.1, 0.15) is 11.1 Å². The lowest BCUT2D eigenvalue weighted by molar-refractivity contribution is -0.129. The first-order chi connectivity index (χ1) is 12.8. The summed E-state index contributed by atoms with van der Waals surface area (Å²) in [6.07, 6.45) is 0. The number of hydrogen-bond acceptors (Lipinski definition) is 4. The molecule has 0 aromatic heterocycles. The van der Waals surface area contributed by atoms with Gasteiger partial charge in [-0.05, 0) is 61.4 Å². The van der Waals surface area contributed by atoms with Crippen molar-refractivity contribution < 1.29 is 14.4 Å². The van der Waals surface area contributed by atoms with E-state index in [1.54, 1.807) is 23.9 Å². The number of nitrogens with zero attached hydrogens (tertiary/aromatic N) is 2. The van der Waals surface area contributed by atoms with Crippen LogP contribution in [0.2, 0.25) is 0 Å². The van der Waals surface area contributed by atoms with E-state index < -0.39 is 11.9 Å². The molecule has 0 atom stereocenters. The van der Waals surface area contributed by atoms with Crippen molar-refractivity contribution in [2.24, 2.45) is 0 Å². The van der Waals surface area contributed by atoms with Gasteiger partial charge in [0.15, 0.2) is 0 Å². The minimum Gasteiger partial charge on any atom is -0.325 e. The lowest BCUT2D eigenvalue weighted by Gasteiger charge is -2.14. The molecule has 3 rings (SSSR count). The molecule has 0 radical (unpaired) electrons. The van der Waals surface area contributed by atoms with Gasteiger partial charge in [0.2, 0.25) is 5.91 Å². The highest BCUT2D eigenvalue weighted by Crippen LogP contribution is 2.29. The maximum absolute atomic E-state index is 12.1. The van der Waals surface area contributed by atoms with Crippen LogP contribution in [-0.4, -0.2) is 47.8 Å². The van der Waals surface area contributed by atoms with E-state index in [1.807, 2.05) is 12.1 Å². The van der Waals surface area contributed by atoms with Crippen LogP contribution < -0.4 is 5.32 Å². The summed E-state index contributed by atoms with van der Waals surface area (Å²) in [6, 6.07) is 13.4. The topological polar surface area (TPSA) is 69.7 Å². The molecular formula is C20H21N3O3S. The second-order valence-corrected chi connectivity index (χ2v) is 7.69. The van der Waals surface area contributed by atoms with Crippen molar-refractivity contribution in [1.82, 2.24) is 9.80 Å². The predicted octanol–water partition coefficient (Wildman–Crippen LogP) is 3.29. The molecular weight excluding hydrogens is 362 g/mol. The smallest absolute Gasteiger partial charge is 0.325 e. The Kier molecular flexibility index (Phi) is 5.51. The van der Waals surface area contributed by atoms with Gasteiger partial charge in [-0.15, -0.1) is 0 Å². The van der Waals surface area contributed by atoms with E-state index in [1.165, 1.54) is 23.1 Å². The maximum atomic E-state index is 12.1. The van der Waals surface area contributed by atoms with Crippen LogP contribution in [0.5, 0.6) is 0 Å². The summed E-state index contributed by atoms with van der Waals surface area (Å²) in [5.74, 6) is -0.764. The van der Waals surface area contributed by atoms with Crippen molar-refractivity contribution in [2.45, 2.75) is 23.6 Å². The molecule has 140 valence electrons. The normalized spacial score (nSPS) is 14.0. The molecule has 1 aliphatic rings. The molecule has 6 nitrogen and oxygen atoms in total. The van der Waals surface area contributed by atoms with Gasteiger partial charge in [-0.25, -0.2) is 4.79 Å². The first-order valence-electron chi connectivity index (χ1n) is 8.54. The number of carbonyl (C=O) groups excluding carboxylic acids is 3. The Labute approximate surface area is 162 Å². The number of benzene rings is 2. The van der Waals surface area contributed by atoms with Crippen LogP contribution in [0.25, 0.3) is 0 Å². The number of imide groups is 1. The molecule has 27 heavy (non-hydrogen) atoms. The molecule has 2 aromatic rings. The standard InChI is InChI=1S/C20H21N3O3S/c1-13-4-7-17(10-14(13)2)27-16-8-5-15(6-9-16)21-18(24)11-23-19(25)12-22(3)20(23)26/h4-10H,11-12H2,1-3H3,(H,21,24). The summed E-state index contributed by atoms with van der Waals surface area (Å²) in [5.41, 5.74) is 3.14. The van der Waals surface area contributed by atoms with Crippen molar-refractivity contribution in [3.63, 3.8) is 0 Å². The third kappa shape index (κ3) is 4.49. The second kappa shape index (κ2) is 7.84. The number of nitrogens with one attached hydrogen (secondary N) is 1. The van der Waals surface area contributed by atoms with Gasteiger partial charge in [0.1, 0.15) is 13.1 Å². The molecule has 1 fully saturated rings. The van der Waals surface area contributed by atoms with Gasteiger partial charge >= 0.3 is 6.03 Å². The predicted molar refractivity (Wildman–Crippen MR) is 105 cm³/mol. The first-order valence-corrected chi connectivity index (χ1v) is 9.35. The molecule has 0 unspecified atom stereocenters. The number of likely N-dealkylation sites (N-methyl/N-ethyl adjacent to an activating group) is 1. The van der Waals surface area contributed by atoms with Crippen molar-refractivity contribution in [3.05, 3.63) is 53.6 Å². The van der Waals surface area contributed by atoms with Crippen molar-refractivity contribution in [3.8, 4) is 0 Å². The Morgan fingerprint density at radius 3 is 2.30 bits per heavy atom. The van der Waals surface area contributed by atoms with Gasteiger partial charge in [0, 0.05) is 22.5 Å². The Hall–Kier alpha value is -2.80. The Morgan fingerprint density at radius 2 is 1.70 bits per heavy atom. The highest BCUT2D eigenvalue weighted by Gasteiger charge is 2.34. The summed E-state index contributed by atoms with van der Waals surface area (Å²) in [7, 11) is 1.53. The van der Waals surface area contributed by atoms with E-state index in [0.29, 0.717) is 5.69 Å². The SMILES string of the molecule is Cc1ccc(Sc2ccc(NC(=O)CN3C(=O)CN(C)C3=O)cc2)cc1C. The Balaban J connectivity index is 1.58. The van der Waals surface area contributed by atoms with Gasteiger partial charge in [-0.2, -0.15) is 0 Å². The molecule has 0 spiro atoms. The molecule has 7 heteroatoms. The minimum absolute atomic E-state index is 0.0104. The average Bonchev–Trinajstić information content (AvgIpc) is 2.86. The number of hydrogen-bond donors (Lipinski definition) is 1. The second-order valence-electron chi connectivity index (χ2n) is 6.54. The van der Waals surface area contributed by atoms with E-state index in [2.05, 4.69) is 37.4 Å². The Bertz CT molecular complexity index is 896. The number of amides is 4. The van der Waals surface area contributed by atoms with E-state index in [9.17, 15) is 14.4 Å². The summed E-state index contributed by atoms with van der Waals surface area (Å²) in [5, 5.41) is 2.72. The van der Waals surface area contributed by atoms with E-state index in [4.69, 9.17) is 0 Å². The highest BCUT2D eigenvalue weighted by atomic mass is 32.2. The van der Waals surface area contributed by atoms with Gasteiger partial charge in [0.05, 0.1) is 0 Å². The summed E-state index contributed by atoms with van der Waals surface area (Å²) >= 11 is 1.65. The lowest BCUT2D eigenvalue weighted by atomic mass is 10.1. The Morgan fingerprint density at radius 1 is 1.04 bits per heavy atom. The zero-order valence-electron chi connectivity index (χ0n) is 15.5. The number of anilines is 1. The fourth-order valence-electron chi connectivity index (χ4n) is 2.69. The van der Waals surface area contributed by atoms with Crippen LogP contribution in [-0.2, 0) is 9.59 Å². The average molecular weight is 383 g/mol. The summed E-state index contributed by atoms with van der Waals surface area (Å²) in [4.78, 5) is 40.1. The molecule has 1 saturated heterocycles. The molecule has 1 aliphatic heterocycles. The number of rotatable bonds is 5. The number of carbonyl (C=O) groups is 3. The number of urea groups is 1. The molecule has 2 aromatic carbocycles. The minimum atomic E-state index is -0.449. The van der Waals surface area contributed by atoms with Gasteiger partial charge in [0.25, 0.3) is 5.91 Å². The third-order valence-corrected chi connectivity index (χ3v) is 5.38. The highest BCUT2D eigenvalue weighted by molar-refractivity contribution is 7.99. The van der Waals surface area contributed by atoms with Crippen LogP contribution in [0.15, 0.2) is 52.3 Å². The van der Waals surface area contributed by atoms with E-state index >= 15 is 0 Å². The molecule has 0 aliphatic carbocycles. The summed E-state index contributed by atoms with van der Waals surface area (Å²) in [6.45, 7) is 3.91. The molecule has 0 saturated carbocycles. The van der Waals surface area contributed by atoms with Crippen molar-refractivity contribution >= 4 is 35.3 Å². The third-order valence-electron chi connectivity index (χ3n) is 4.38. The van der Waals surface area contributed by atoms with E-state index in [0.717, 1.165) is 14.7 Å². The van der Waals surface area contributed by atoms with Crippen LogP contribution >= 0.6 is 11.8 Å². The fraction of sp³-hybridized carbons (Fsp3) is 0.250. The largest absolute Gasteiger partial charge is 0.327 e. The zero-order chi connectivity index (χ0) is 19.6. The van der Waals surface area contributed by atoms with Crippen LogP contribution in [0.3, 0.4) is 0 Å². The van der Waals surface area contributed by atoms with Gasteiger partial charge < -0.3 is 10.2 Å². The van der Waals surface area contributed by atoms with E-state index in [-0.39, 0.29) is 19.0 Å². The molecule has 1 heterocycles. The van der Waals surface area contributed by atoms with Crippen molar-refractivity contribution in [2.75, 3.05) is 25.5 Å². The van der Waals surface area contributed by atoms with Crippen LogP contribution in [0, 0.1) is 13.8 Å². The molecule has 0 bridgehead atoms. The van der Waals surface area contributed by atoms with Crippen molar-refractivity contribution in [1.29, 1.82) is 0 Å². The summed E-state index contributed by atoms with van der Waals surface area (Å²) < 4.78 is 0. The first kappa shape index (κ1) is 19.0. The zero-order valence-corrected chi connectivity index (χ0v) is 16.3. The molecule has 1 N–H and O–H groups in total. The monoisotopic (exact) mass is 383 g/mol. The fourth-order valence-corrected chi connectivity index (χ4v) is 3.60. The molecule has 4 amide bonds. The quantitative estimate of drug-likeness (QED) is 0.805. The van der Waals surface area contributed by atoms with Crippen LogP contribution in [0.4, 0.5) is 10.5 Å². The lowest BCUT2D eigenvalue weighted by Crippen LogP contribution is -2.38. The van der Waals surface area contributed by atoms with Gasteiger partial charge in [-0.3, -0.25) is 14.5 Å². The maximum Gasteiger partial charge on any atom is 0.327 e. The van der Waals surface area contributed by atoms with Gasteiger partial charge in [-0.1, -0.05) is 17.8 Å². The number of aryl methyl sites for hydroxylation is 2.